The minimum absolute atomic E-state index is 0.0412. The molecule has 2 unspecified atom stereocenters. The molecule has 0 aromatic heterocycles. The number of alkyl halides is 2. The standard InChI is InChI=1S/C24H31BrFN3O.C3H5N.C2H6.CH3F/c1-17(14-18(2)22(25)10-12-27-3)15-29-13-11-21(23(26)16-29)19-6-8-20(9-7-19)24(30)28(4)5;1-2-3-4;2*1-2/h6-10,12,14,21,23H,2,11,13,15-16H2,1,3-5H3;2-4H,1H2;1-2H3;1H3/b17-14+,22-10+,27-12?;;;. The monoisotopic (exact) mass is 594 g/mol. The van der Waals surface area contributed by atoms with Crippen LogP contribution in [0.25, 0.3) is 0 Å². The molecule has 212 valence electrons. The van der Waals surface area contributed by atoms with Crippen molar-refractivity contribution in [2.24, 2.45) is 4.99 Å². The molecule has 0 bridgehead atoms. The number of nitrogens with one attached hydrogen (secondary N) is 1. The van der Waals surface area contributed by atoms with Gasteiger partial charge in [-0.1, -0.05) is 72.8 Å². The van der Waals surface area contributed by atoms with Crippen LogP contribution >= 0.6 is 15.9 Å². The molecule has 1 aliphatic rings. The van der Waals surface area contributed by atoms with Crippen molar-refractivity contribution in [1.82, 2.24) is 9.80 Å². The highest BCUT2D eigenvalue weighted by Gasteiger charge is 2.30. The molecule has 8 heteroatoms. The van der Waals surface area contributed by atoms with Crippen LogP contribution in [0.5, 0.6) is 0 Å². The Morgan fingerprint density at radius 3 is 2.26 bits per heavy atom. The number of halogens is 3. The van der Waals surface area contributed by atoms with Crippen molar-refractivity contribution >= 4 is 34.3 Å². The number of rotatable bonds is 8. The zero-order valence-electron chi connectivity index (χ0n) is 24.0. The number of hydrogen-bond donors (Lipinski definition) is 1. The van der Waals surface area contributed by atoms with Gasteiger partial charge in [-0.2, -0.15) is 0 Å². The molecular formula is C30H45BrF2N4O. The normalized spacial score (nSPS) is 17.5. The fourth-order valence-electron chi connectivity index (χ4n) is 3.63. The fourth-order valence-corrected chi connectivity index (χ4v) is 3.86. The van der Waals surface area contributed by atoms with Crippen molar-refractivity contribution in [3.8, 4) is 0 Å². The first kappa shape index (κ1) is 37.4. The Balaban J connectivity index is 0. The summed E-state index contributed by atoms with van der Waals surface area (Å²) in [6.45, 7) is 15.3. The number of amides is 1. The van der Waals surface area contributed by atoms with E-state index in [-0.39, 0.29) is 11.8 Å². The number of allylic oxidation sites excluding steroid dienone is 5. The Morgan fingerprint density at radius 1 is 1.26 bits per heavy atom. The zero-order chi connectivity index (χ0) is 29.7. The maximum absolute atomic E-state index is 15.0. The minimum Gasteiger partial charge on any atom is -0.345 e. The van der Waals surface area contributed by atoms with E-state index >= 15 is 0 Å². The molecular weight excluding hydrogens is 550 g/mol. The molecule has 1 amide bonds. The second-order valence-corrected chi connectivity index (χ2v) is 9.16. The molecule has 1 aliphatic heterocycles. The van der Waals surface area contributed by atoms with Crippen LogP contribution in [0.4, 0.5) is 8.78 Å². The van der Waals surface area contributed by atoms with Crippen LogP contribution in [-0.4, -0.2) is 82.3 Å². The fraction of sp³-hybridized carbons (Fsp3) is 0.433. The van der Waals surface area contributed by atoms with E-state index in [0.717, 1.165) is 40.4 Å². The van der Waals surface area contributed by atoms with Gasteiger partial charge in [0.1, 0.15) is 6.17 Å². The van der Waals surface area contributed by atoms with E-state index in [1.165, 1.54) is 6.08 Å². The molecule has 1 heterocycles. The first-order valence-electron chi connectivity index (χ1n) is 12.5. The van der Waals surface area contributed by atoms with E-state index in [0.29, 0.717) is 25.8 Å². The second kappa shape index (κ2) is 22.3. The summed E-state index contributed by atoms with van der Waals surface area (Å²) >= 11 is 3.49. The van der Waals surface area contributed by atoms with Crippen LogP contribution in [-0.2, 0) is 0 Å². The maximum Gasteiger partial charge on any atom is 0.253 e. The predicted octanol–water partition coefficient (Wildman–Crippen LogP) is 7.43. The van der Waals surface area contributed by atoms with Gasteiger partial charge in [0.05, 0.1) is 7.18 Å². The van der Waals surface area contributed by atoms with E-state index in [2.05, 4.69) is 39.0 Å². The van der Waals surface area contributed by atoms with Crippen molar-refractivity contribution in [1.29, 1.82) is 5.41 Å². The van der Waals surface area contributed by atoms with Crippen LogP contribution in [0.2, 0.25) is 0 Å². The number of piperidine rings is 1. The number of benzene rings is 1. The van der Waals surface area contributed by atoms with Crippen LogP contribution in [0, 0.1) is 5.41 Å². The van der Waals surface area contributed by atoms with Gasteiger partial charge in [0.25, 0.3) is 5.91 Å². The number of nitrogens with zero attached hydrogens (tertiary/aromatic N) is 3. The Hall–Kier alpha value is -2.71. The number of likely N-dealkylation sites (tertiary alicyclic amines) is 1. The molecule has 0 radical (unpaired) electrons. The van der Waals surface area contributed by atoms with Gasteiger partial charge in [-0.05, 0) is 49.2 Å². The molecule has 0 aliphatic carbocycles. The average Bonchev–Trinajstić information content (AvgIpc) is 2.93. The number of carbonyl (C=O) groups is 1. The van der Waals surface area contributed by atoms with Crippen molar-refractivity contribution in [2.75, 3.05) is 48.0 Å². The van der Waals surface area contributed by atoms with Gasteiger partial charge in [-0.25, -0.2) is 4.39 Å². The largest absolute Gasteiger partial charge is 0.345 e. The Labute approximate surface area is 237 Å². The molecule has 2 atom stereocenters. The average molecular weight is 596 g/mol. The molecule has 1 N–H and O–H groups in total. The van der Waals surface area contributed by atoms with Crippen molar-refractivity contribution in [3.05, 3.63) is 82.4 Å². The predicted molar refractivity (Wildman–Crippen MR) is 165 cm³/mol. The van der Waals surface area contributed by atoms with E-state index in [4.69, 9.17) is 5.41 Å². The lowest BCUT2D eigenvalue weighted by Crippen LogP contribution is -2.41. The lowest BCUT2D eigenvalue weighted by Gasteiger charge is -2.35. The van der Waals surface area contributed by atoms with Crippen LogP contribution in [0.1, 0.15) is 49.0 Å². The number of carbonyl (C=O) groups excluding carboxylic acids is 1. The van der Waals surface area contributed by atoms with Crippen LogP contribution < -0.4 is 0 Å². The first-order chi connectivity index (χ1) is 18.1. The van der Waals surface area contributed by atoms with E-state index in [9.17, 15) is 13.6 Å². The van der Waals surface area contributed by atoms with Crippen molar-refractivity contribution in [3.63, 3.8) is 0 Å². The summed E-state index contributed by atoms with van der Waals surface area (Å²) in [6, 6.07) is 7.37. The molecule has 0 spiro atoms. The summed E-state index contributed by atoms with van der Waals surface area (Å²) in [5, 5.41) is 6.21. The van der Waals surface area contributed by atoms with E-state index in [1.807, 2.05) is 45.1 Å². The quantitative estimate of drug-likeness (QED) is 0.251. The molecule has 0 saturated carbocycles. The Morgan fingerprint density at radius 2 is 1.82 bits per heavy atom. The van der Waals surface area contributed by atoms with Gasteiger partial charge < -0.3 is 10.3 Å². The van der Waals surface area contributed by atoms with E-state index < -0.39 is 6.17 Å². The lowest BCUT2D eigenvalue weighted by molar-refractivity contribution is 0.0827. The summed E-state index contributed by atoms with van der Waals surface area (Å²) in [5.74, 6) is -0.171. The third kappa shape index (κ3) is 14.3. The molecule has 2 rings (SSSR count). The van der Waals surface area contributed by atoms with Crippen LogP contribution in [0.3, 0.4) is 0 Å². The number of hydrogen-bond acceptors (Lipinski definition) is 4. The summed E-state index contributed by atoms with van der Waals surface area (Å²) in [7, 11) is 5.67. The van der Waals surface area contributed by atoms with Gasteiger partial charge in [-0.3, -0.25) is 19.1 Å². The highest BCUT2D eigenvalue weighted by atomic mass is 79.9. The third-order valence-corrected chi connectivity index (χ3v) is 6.08. The van der Waals surface area contributed by atoms with Crippen molar-refractivity contribution in [2.45, 2.75) is 39.3 Å². The molecule has 38 heavy (non-hydrogen) atoms. The summed E-state index contributed by atoms with van der Waals surface area (Å²) in [4.78, 5) is 19.7. The van der Waals surface area contributed by atoms with Gasteiger partial charge in [0.2, 0.25) is 0 Å². The third-order valence-electron chi connectivity index (χ3n) is 5.31. The summed E-state index contributed by atoms with van der Waals surface area (Å²) in [6.07, 6.45) is 7.96. The van der Waals surface area contributed by atoms with Gasteiger partial charge >= 0.3 is 0 Å². The molecule has 1 fully saturated rings. The molecule has 5 nitrogen and oxygen atoms in total. The van der Waals surface area contributed by atoms with Gasteiger partial charge in [0.15, 0.2) is 0 Å². The molecule has 1 aromatic rings. The summed E-state index contributed by atoms with van der Waals surface area (Å²) < 4.78 is 25.3. The molecule has 1 saturated heterocycles. The van der Waals surface area contributed by atoms with Gasteiger partial charge in [0, 0.05) is 62.6 Å². The number of aliphatic imine (C=N–C) groups is 1. The molecule has 1 aromatic carbocycles. The smallest absolute Gasteiger partial charge is 0.253 e. The van der Waals surface area contributed by atoms with Gasteiger partial charge in [-0.15, -0.1) is 0 Å². The lowest BCUT2D eigenvalue weighted by atomic mass is 9.87. The topological polar surface area (TPSA) is 59.8 Å². The first-order valence-corrected chi connectivity index (χ1v) is 13.3. The summed E-state index contributed by atoms with van der Waals surface area (Å²) in [5.41, 5.74) is 3.59. The maximum atomic E-state index is 15.0. The SMILES string of the molecule is C=C(/C=C(\C)CN1CCC(c2ccc(C(=O)N(C)C)cc2)C(F)C1)/C(Br)=C\C=NC.C=CC=N.CC.CF. The highest BCUT2D eigenvalue weighted by Crippen LogP contribution is 2.31. The highest BCUT2D eigenvalue weighted by molar-refractivity contribution is 9.12. The Bertz CT molecular complexity index is 934. The zero-order valence-corrected chi connectivity index (χ0v) is 25.6. The van der Waals surface area contributed by atoms with E-state index in [1.54, 1.807) is 44.4 Å². The second-order valence-electron chi connectivity index (χ2n) is 8.31. The Kier molecular flexibility index (Phi) is 22.0. The van der Waals surface area contributed by atoms with Crippen molar-refractivity contribution < 1.29 is 13.6 Å². The van der Waals surface area contributed by atoms with Crippen LogP contribution in [0.15, 0.2) is 76.3 Å². The minimum atomic E-state index is -0.933.